The van der Waals surface area contributed by atoms with E-state index in [1.165, 1.54) is 30.5 Å². The molecule has 0 aliphatic heterocycles. The molecule has 2 aromatic rings. The van der Waals surface area contributed by atoms with Crippen molar-refractivity contribution in [2.75, 3.05) is 11.9 Å². The lowest BCUT2D eigenvalue weighted by atomic mass is 10.2. The van der Waals surface area contributed by atoms with Crippen LogP contribution >= 0.6 is 11.6 Å². The number of halogens is 1. The quantitative estimate of drug-likeness (QED) is 0.672. The van der Waals surface area contributed by atoms with Crippen molar-refractivity contribution in [2.45, 2.75) is 0 Å². The fraction of sp³-hybridized carbons (Fsp3) is 0.0625. The molecule has 116 valence electrons. The van der Waals surface area contributed by atoms with Crippen LogP contribution in [0.1, 0.15) is 11.3 Å². The number of esters is 1. The van der Waals surface area contributed by atoms with E-state index in [9.17, 15) is 9.59 Å². The van der Waals surface area contributed by atoms with E-state index in [2.05, 4.69) is 5.32 Å². The summed E-state index contributed by atoms with van der Waals surface area (Å²) in [6.07, 6.45) is 4.06. The number of ether oxygens (including phenoxy) is 1. The van der Waals surface area contributed by atoms with Gasteiger partial charge in [-0.1, -0.05) is 11.6 Å². The molecule has 2 rings (SSSR count). The van der Waals surface area contributed by atoms with Crippen molar-refractivity contribution in [1.29, 1.82) is 5.26 Å². The second-order valence-corrected chi connectivity index (χ2v) is 4.72. The second-order valence-electron chi connectivity index (χ2n) is 4.31. The van der Waals surface area contributed by atoms with Crippen LogP contribution in [0.3, 0.4) is 0 Å². The highest BCUT2D eigenvalue weighted by atomic mass is 35.5. The van der Waals surface area contributed by atoms with Crippen molar-refractivity contribution < 1.29 is 18.7 Å². The lowest BCUT2D eigenvalue weighted by molar-refractivity contribution is -0.142. The first-order valence-electron chi connectivity index (χ1n) is 6.46. The van der Waals surface area contributed by atoms with E-state index in [1.54, 1.807) is 12.1 Å². The van der Waals surface area contributed by atoms with Crippen molar-refractivity contribution >= 4 is 35.2 Å². The summed E-state index contributed by atoms with van der Waals surface area (Å²) in [6, 6.07) is 9.72. The Bertz CT molecular complexity index is 776. The van der Waals surface area contributed by atoms with Gasteiger partial charge in [0, 0.05) is 11.8 Å². The highest BCUT2D eigenvalue weighted by Gasteiger charge is 2.07. The Labute approximate surface area is 136 Å². The topological polar surface area (TPSA) is 92.3 Å². The summed E-state index contributed by atoms with van der Waals surface area (Å²) >= 11 is 5.85. The summed E-state index contributed by atoms with van der Waals surface area (Å²) in [5.41, 5.74) is 0.709. The highest BCUT2D eigenvalue weighted by Crippen LogP contribution is 2.20. The largest absolute Gasteiger partial charge is 0.465 e. The number of benzene rings is 1. The maximum atomic E-state index is 11.7. The van der Waals surface area contributed by atoms with Crippen LogP contribution in [0.5, 0.6) is 0 Å². The minimum atomic E-state index is -0.672. The molecule has 0 saturated heterocycles. The Kier molecular flexibility index (Phi) is 5.56. The van der Waals surface area contributed by atoms with E-state index in [-0.39, 0.29) is 5.02 Å². The van der Waals surface area contributed by atoms with Gasteiger partial charge in [0.2, 0.25) is 0 Å². The molecule has 7 heteroatoms. The van der Waals surface area contributed by atoms with Gasteiger partial charge in [-0.15, -0.1) is 0 Å². The number of nitrogens with one attached hydrogen (secondary N) is 1. The van der Waals surface area contributed by atoms with E-state index >= 15 is 0 Å². The summed E-state index contributed by atoms with van der Waals surface area (Å²) in [7, 11) is 0. The van der Waals surface area contributed by atoms with Crippen LogP contribution < -0.4 is 5.32 Å². The number of nitrogens with zero attached hydrogens (tertiary/aromatic N) is 1. The van der Waals surface area contributed by atoms with Crippen molar-refractivity contribution in [3.63, 3.8) is 0 Å². The number of hydrogen-bond donors (Lipinski definition) is 1. The van der Waals surface area contributed by atoms with Crippen LogP contribution in [0.15, 0.2) is 47.1 Å². The van der Waals surface area contributed by atoms with E-state index in [0.717, 1.165) is 6.08 Å². The molecule has 0 spiro atoms. The zero-order valence-electron chi connectivity index (χ0n) is 11.8. The summed E-state index contributed by atoms with van der Waals surface area (Å²) in [5, 5.41) is 11.5. The predicted molar refractivity (Wildman–Crippen MR) is 83.5 cm³/mol. The molecule has 0 aliphatic carbocycles. The first-order valence-corrected chi connectivity index (χ1v) is 6.84. The minimum Gasteiger partial charge on any atom is -0.465 e. The van der Waals surface area contributed by atoms with Gasteiger partial charge in [-0.2, -0.15) is 5.26 Å². The van der Waals surface area contributed by atoms with Gasteiger partial charge < -0.3 is 14.5 Å². The van der Waals surface area contributed by atoms with Crippen LogP contribution in [0.25, 0.3) is 6.08 Å². The van der Waals surface area contributed by atoms with Gasteiger partial charge in [0.15, 0.2) is 6.61 Å². The maximum absolute atomic E-state index is 11.7. The molecule has 1 aromatic carbocycles. The molecular formula is C16H11ClN2O4. The Balaban J connectivity index is 1.82. The number of rotatable bonds is 5. The average molecular weight is 331 g/mol. The molecule has 0 radical (unpaired) electrons. The van der Waals surface area contributed by atoms with E-state index in [0.29, 0.717) is 17.0 Å². The van der Waals surface area contributed by atoms with Crippen LogP contribution in [0.2, 0.25) is 5.02 Å². The molecule has 1 heterocycles. The zero-order valence-corrected chi connectivity index (χ0v) is 12.5. The smallest absolute Gasteiger partial charge is 0.331 e. The van der Waals surface area contributed by atoms with Crippen LogP contribution in [-0.2, 0) is 14.3 Å². The van der Waals surface area contributed by atoms with Gasteiger partial charge in [0.05, 0.1) is 16.8 Å². The van der Waals surface area contributed by atoms with Crippen molar-refractivity contribution in [3.8, 4) is 6.07 Å². The lowest BCUT2D eigenvalue weighted by Gasteiger charge is -2.06. The second kappa shape index (κ2) is 7.82. The van der Waals surface area contributed by atoms with Crippen molar-refractivity contribution in [1.82, 2.24) is 0 Å². The number of carbonyl (C=O) groups excluding carboxylic acids is 2. The zero-order chi connectivity index (χ0) is 16.7. The molecule has 1 amide bonds. The standard InChI is InChI=1S/C16H11ClN2O4/c17-14-8-12(4-3-11(14)9-18)19-15(20)10-23-16(21)6-5-13-2-1-7-22-13/h1-8H,10H2,(H,19,20)/b6-5+. The fourth-order valence-electron chi connectivity index (χ4n) is 1.60. The summed E-state index contributed by atoms with van der Waals surface area (Å²) in [6.45, 7) is -0.445. The van der Waals surface area contributed by atoms with Crippen molar-refractivity contribution in [3.05, 3.63) is 59.0 Å². The number of hydrogen-bond acceptors (Lipinski definition) is 5. The summed E-state index contributed by atoms with van der Waals surface area (Å²) < 4.78 is 9.79. The Morgan fingerprint density at radius 3 is 2.87 bits per heavy atom. The van der Waals surface area contributed by atoms with Gasteiger partial charge in [0.1, 0.15) is 11.8 Å². The Hall–Kier alpha value is -3.04. The number of furan rings is 1. The third-order valence-corrected chi connectivity index (χ3v) is 2.96. The predicted octanol–water partition coefficient (Wildman–Crippen LogP) is 3.00. The van der Waals surface area contributed by atoms with Crippen LogP contribution in [-0.4, -0.2) is 18.5 Å². The van der Waals surface area contributed by atoms with Gasteiger partial charge in [-0.25, -0.2) is 4.79 Å². The molecular weight excluding hydrogens is 320 g/mol. The molecule has 1 aromatic heterocycles. The fourth-order valence-corrected chi connectivity index (χ4v) is 1.82. The van der Waals surface area contributed by atoms with Gasteiger partial charge in [-0.05, 0) is 36.4 Å². The SMILES string of the molecule is N#Cc1ccc(NC(=O)COC(=O)/C=C/c2ccco2)cc1Cl. The molecule has 0 aliphatic rings. The number of anilines is 1. The van der Waals surface area contributed by atoms with Gasteiger partial charge >= 0.3 is 5.97 Å². The Morgan fingerprint density at radius 2 is 2.22 bits per heavy atom. The van der Waals surface area contributed by atoms with E-state index in [1.807, 2.05) is 6.07 Å². The third-order valence-electron chi connectivity index (χ3n) is 2.65. The van der Waals surface area contributed by atoms with Gasteiger partial charge in [0.25, 0.3) is 5.91 Å². The average Bonchev–Trinajstić information content (AvgIpc) is 3.04. The Morgan fingerprint density at radius 1 is 1.39 bits per heavy atom. The molecule has 0 fully saturated rings. The number of nitriles is 1. The van der Waals surface area contributed by atoms with Crippen LogP contribution in [0.4, 0.5) is 5.69 Å². The highest BCUT2D eigenvalue weighted by molar-refractivity contribution is 6.32. The molecule has 0 saturated carbocycles. The van der Waals surface area contributed by atoms with Crippen molar-refractivity contribution in [2.24, 2.45) is 0 Å². The molecule has 6 nitrogen and oxygen atoms in total. The molecule has 1 N–H and O–H groups in total. The number of amides is 1. The van der Waals surface area contributed by atoms with Crippen LogP contribution in [0, 0.1) is 11.3 Å². The molecule has 0 bridgehead atoms. The monoisotopic (exact) mass is 330 g/mol. The third kappa shape index (κ3) is 5.02. The maximum Gasteiger partial charge on any atom is 0.331 e. The first kappa shape index (κ1) is 16.3. The number of carbonyl (C=O) groups is 2. The normalized spacial score (nSPS) is 10.3. The summed E-state index contributed by atoms with van der Waals surface area (Å²) in [4.78, 5) is 23.1. The van der Waals surface area contributed by atoms with Gasteiger partial charge in [-0.3, -0.25) is 4.79 Å². The minimum absolute atomic E-state index is 0.226. The lowest BCUT2D eigenvalue weighted by Crippen LogP contribution is -2.20. The first-order chi connectivity index (χ1) is 11.1. The summed E-state index contributed by atoms with van der Waals surface area (Å²) in [5.74, 6) is -0.696. The van der Waals surface area contributed by atoms with E-state index < -0.39 is 18.5 Å². The molecule has 23 heavy (non-hydrogen) atoms. The van der Waals surface area contributed by atoms with E-state index in [4.69, 9.17) is 26.0 Å². The molecule has 0 atom stereocenters. The molecule has 0 unspecified atom stereocenters.